The fourth-order valence-corrected chi connectivity index (χ4v) is 1.92. The fourth-order valence-electron chi connectivity index (χ4n) is 1.92. The van der Waals surface area contributed by atoms with E-state index in [-0.39, 0.29) is 19.0 Å². The minimum Gasteiger partial charge on any atom is -0.444 e. The van der Waals surface area contributed by atoms with Gasteiger partial charge in [-0.05, 0) is 32.9 Å². The first-order chi connectivity index (χ1) is 11.1. The zero-order valence-electron chi connectivity index (χ0n) is 14.1. The molecule has 0 fully saturated rings. The number of fused-ring (bicyclic) bond motifs is 1. The van der Waals surface area contributed by atoms with E-state index in [4.69, 9.17) is 4.74 Å². The Hall–Kier alpha value is -2.84. The first-order valence-corrected chi connectivity index (χ1v) is 7.43. The molecule has 0 atom stereocenters. The summed E-state index contributed by atoms with van der Waals surface area (Å²) in [7, 11) is 1.48. The van der Waals surface area contributed by atoms with Crippen molar-refractivity contribution in [3.63, 3.8) is 0 Å². The fraction of sp³-hybridized carbons (Fsp3) is 0.467. The van der Waals surface area contributed by atoms with Crippen LogP contribution in [0.3, 0.4) is 0 Å². The van der Waals surface area contributed by atoms with E-state index in [9.17, 15) is 14.4 Å². The number of rotatable bonds is 3. The molecule has 0 radical (unpaired) electrons. The van der Waals surface area contributed by atoms with Gasteiger partial charge in [-0.1, -0.05) is 0 Å². The summed E-state index contributed by atoms with van der Waals surface area (Å²) in [5, 5.41) is 8.11. The SMILES string of the molecule is CN(CC(=O)Nc1ccc2c(n1)NCC(=O)N2)C(=O)OC(C)(C)C. The van der Waals surface area contributed by atoms with Gasteiger partial charge in [0.1, 0.15) is 18.0 Å². The largest absolute Gasteiger partial charge is 0.444 e. The molecule has 0 bridgehead atoms. The van der Waals surface area contributed by atoms with Crippen LogP contribution in [0.5, 0.6) is 0 Å². The lowest BCUT2D eigenvalue weighted by atomic mass is 10.2. The van der Waals surface area contributed by atoms with Crippen LogP contribution in [0.4, 0.5) is 22.1 Å². The maximum absolute atomic E-state index is 12.0. The van der Waals surface area contributed by atoms with Gasteiger partial charge in [-0.25, -0.2) is 9.78 Å². The molecule has 1 aliphatic heterocycles. The summed E-state index contributed by atoms with van der Waals surface area (Å²) in [5.74, 6) is 0.239. The molecule has 1 aromatic rings. The summed E-state index contributed by atoms with van der Waals surface area (Å²) in [6.07, 6.45) is -0.583. The van der Waals surface area contributed by atoms with Crippen molar-refractivity contribution in [1.29, 1.82) is 0 Å². The topological polar surface area (TPSA) is 113 Å². The second-order valence-corrected chi connectivity index (χ2v) is 6.38. The number of ether oxygens (including phenoxy) is 1. The zero-order chi connectivity index (χ0) is 17.9. The second-order valence-electron chi connectivity index (χ2n) is 6.38. The van der Waals surface area contributed by atoms with Crippen molar-refractivity contribution in [3.05, 3.63) is 12.1 Å². The molecule has 130 valence electrons. The van der Waals surface area contributed by atoms with Crippen molar-refractivity contribution in [2.45, 2.75) is 26.4 Å². The van der Waals surface area contributed by atoms with E-state index in [1.165, 1.54) is 11.9 Å². The predicted octanol–water partition coefficient (Wildman–Crippen LogP) is 1.25. The molecule has 0 aliphatic carbocycles. The quantitative estimate of drug-likeness (QED) is 0.766. The van der Waals surface area contributed by atoms with Crippen molar-refractivity contribution in [2.75, 3.05) is 36.1 Å². The summed E-state index contributed by atoms with van der Waals surface area (Å²) < 4.78 is 5.18. The molecule has 9 heteroatoms. The average Bonchev–Trinajstić information content (AvgIpc) is 2.45. The van der Waals surface area contributed by atoms with Crippen LogP contribution < -0.4 is 16.0 Å². The Bertz CT molecular complexity index is 668. The average molecular weight is 335 g/mol. The molecule has 3 N–H and O–H groups in total. The maximum Gasteiger partial charge on any atom is 0.410 e. The van der Waals surface area contributed by atoms with E-state index in [1.54, 1.807) is 32.9 Å². The number of amides is 3. The molecular formula is C15H21N5O4. The number of nitrogens with zero attached hydrogens (tertiary/aromatic N) is 2. The van der Waals surface area contributed by atoms with Gasteiger partial charge in [-0.3, -0.25) is 9.59 Å². The summed E-state index contributed by atoms with van der Waals surface area (Å²) >= 11 is 0. The van der Waals surface area contributed by atoms with E-state index in [0.717, 1.165) is 0 Å². The lowest BCUT2D eigenvalue weighted by Crippen LogP contribution is -2.38. The number of aromatic nitrogens is 1. The van der Waals surface area contributed by atoms with Crippen LogP contribution >= 0.6 is 0 Å². The van der Waals surface area contributed by atoms with Crippen LogP contribution in [0.25, 0.3) is 0 Å². The van der Waals surface area contributed by atoms with E-state index in [2.05, 4.69) is 20.9 Å². The van der Waals surface area contributed by atoms with Crippen molar-refractivity contribution in [3.8, 4) is 0 Å². The van der Waals surface area contributed by atoms with Gasteiger partial charge in [0.25, 0.3) is 0 Å². The first-order valence-electron chi connectivity index (χ1n) is 7.43. The molecule has 9 nitrogen and oxygen atoms in total. The summed E-state index contributed by atoms with van der Waals surface area (Å²) in [4.78, 5) is 40.5. The molecule has 0 aromatic carbocycles. The second kappa shape index (κ2) is 6.73. The van der Waals surface area contributed by atoms with Crippen LogP contribution in [0.1, 0.15) is 20.8 Å². The molecule has 1 aromatic heterocycles. The molecule has 2 rings (SSSR count). The highest BCUT2D eigenvalue weighted by atomic mass is 16.6. The van der Waals surface area contributed by atoms with Gasteiger partial charge in [-0.15, -0.1) is 0 Å². The number of likely N-dealkylation sites (N-methyl/N-ethyl adjacent to an activating group) is 1. The number of nitrogens with one attached hydrogen (secondary N) is 3. The van der Waals surface area contributed by atoms with Gasteiger partial charge in [0.15, 0.2) is 5.82 Å². The van der Waals surface area contributed by atoms with Gasteiger partial charge < -0.3 is 25.6 Å². The number of carbonyl (C=O) groups excluding carboxylic acids is 3. The molecule has 2 heterocycles. The Morgan fingerprint density at radius 1 is 1.38 bits per heavy atom. The molecule has 0 saturated heterocycles. The smallest absolute Gasteiger partial charge is 0.410 e. The predicted molar refractivity (Wildman–Crippen MR) is 88.9 cm³/mol. The maximum atomic E-state index is 12.0. The van der Waals surface area contributed by atoms with Gasteiger partial charge in [-0.2, -0.15) is 0 Å². The lowest BCUT2D eigenvalue weighted by Gasteiger charge is -2.24. The highest BCUT2D eigenvalue weighted by Crippen LogP contribution is 2.24. The summed E-state index contributed by atoms with van der Waals surface area (Å²) in [6, 6.07) is 3.21. The summed E-state index contributed by atoms with van der Waals surface area (Å²) in [5.41, 5.74) is -0.0760. The Morgan fingerprint density at radius 2 is 2.08 bits per heavy atom. The van der Waals surface area contributed by atoms with Crippen molar-refractivity contribution >= 4 is 35.2 Å². The van der Waals surface area contributed by atoms with Crippen LogP contribution in [-0.2, 0) is 14.3 Å². The van der Waals surface area contributed by atoms with Crippen LogP contribution in [0, 0.1) is 0 Å². The molecular weight excluding hydrogens is 314 g/mol. The normalized spacial score (nSPS) is 13.2. The Kier molecular flexibility index (Phi) is 4.91. The Balaban J connectivity index is 1.93. The van der Waals surface area contributed by atoms with Crippen molar-refractivity contribution in [2.24, 2.45) is 0 Å². The van der Waals surface area contributed by atoms with Crippen molar-refractivity contribution in [1.82, 2.24) is 9.88 Å². The first kappa shape index (κ1) is 17.5. The number of hydrogen-bond donors (Lipinski definition) is 3. The highest BCUT2D eigenvalue weighted by Gasteiger charge is 2.21. The molecule has 0 saturated carbocycles. The van der Waals surface area contributed by atoms with Crippen LogP contribution in [0.2, 0.25) is 0 Å². The third-order valence-corrected chi connectivity index (χ3v) is 2.94. The molecule has 24 heavy (non-hydrogen) atoms. The number of pyridine rings is 1. The van der Waals surface area contributed by atoms with E-state index in [1.807, 2.05) is 0 Å². The molecule has 0 spiro atoms. The summed E-state index contributed by atoms with van der Waals surface area (Å²) in [6.45, 7) is 5.21. The van der Waals surface area contributed by atoms with Crippen LogP contribution in [-0.4, -0.2) is 53.5 Å². The minimum absolute atomic E-state index is 0.124. The number of anilines is 3. The van der Waals surface area contributed by atoms with Gasteiger partial charge in [0.2, 0.25) is 11.8 Å². The number of hydrogen-bond acceptors (Lipinski definition) is 6. The number of carbonyl (C=O) groups is 3. The standard InChI is InChI=1S/C15H21N5O4/c1-15(2,3)24-14(23)20(4)8-12(22)18-10-6-5-9-13(19-10)16-7-11(21)17-9/h5-6H,7-8H2,1-4H3,(H,17,21)(H2,16,18,19,22). The van der Waals surface area contributed by atoms with Gasteiger partial charge >= 0.3 is 6.09 Å². The van der Waals surface area contributed by atoms with E-state index in [0.29, 0.717) is 17.3 Å². The lowest BCUT2D eigenvalue weighted by molar-refractivity contribution is -0.117. The van der Waals surface area contributed by atoms with Gasteiger partial charge in [0.05, 0.1) is 12.2 Å². The highest BCUT2D eigenvalue weighted by molar-refractivity contribution is 6.00. The van der Waals surface area contributed by atoms with Crippen LogP contribution in [0.15, 0.2) is 12.1 Å². The van der Waals surface area contributed by atoms with Gasteiger partial charge in [0, 0.05) is 7.05 Å². The molecule has 3 amide bonds. The third-order valence-electron chi connectivity index (χ3n) is 2.94. The third kappa shape index (κ3) is 4.83. The minimum atomic E-state index is -0.627. The monoisotopic (exact) mass is 335 g/mol. The Labute approximate surface area is 139 Å². The molecule has 1 aliphatic rings. The Morgan fingerprint density at radius 3 is 2.75 bits per heavy atom. The van der Waals surface area contributed by atoms with E-state index < -0.39 is 17.6 Å². The zero-order valence-corrected chi connectivity index (χ0v) is 14.1. The van der Waals surface area contributed by atoms with Crippen molar-refractivity contribution < 1.29 is 19.1 Å². The molecule has 0 unspecified atom stereocenters. The van der Waals surface area contributed by atoms with E-state index >= 15 is 0 Å².